The van der Waals surface area contributed by atoms with Crippen molar-refractivity contribution in [2.75, 3.05) is 11.9 Å². The van der Waals surface area contributed by atoms with Gasteiger partial charge in [-0.3, -0.25) is 4.79 Å². The van der Waals surface area contributed by atoms with E-state index in [9.17, 15) is 4.79 Å². The van der Waals surface area contributed by atoms with Crippen LogP contribution in [0.2, 0.25) is 0 Å². The second-order valence-corrected chi connectivity index (χ2v) is 6.48. The molecule has 7 nitrogen and oxygen atoms in total. The van der Waals surface area contributed by atoms with E-state index in [0.717, 1.165) is 24.2 Å². The Hall–Kier alpha value is -3.22. The van der Waals surface area contributed by atoms with E-state index in [-0.39, 0.29) is 11.9 Å². The molecule has 0 spiro atoms. The van der Waals surface area contributed by atoms with Crippen LogP contribution in [0.4, 0.5) is 5.95 Å². The van der Waals surface area contributed by atoms with Crippen molar-refractivity contribution < 1.29 is 4.79 Å². The number of likely N-dealkylation sites (tertiary alicyclic amines) is 1. The number of aromatic nitrogens is 4. The predicted molar refractivity (Wildman–Crippen MR) is 97.8 cm³/mol. The molecule has 1 aliphatic rings. The van der Waals surface area contributed by atoms with E-state index in [2.05, 4.69) is 52.0 Å². The highest BCUT2D eigenvalue weighted by Crippen LogP contribution is 2.19. The number of carbonyl (C=O) groups excluding carboxylic acids is 1. The third-order valence-corrected chi connectivity index (χ3v) is 4.57. The summed E-state index contributed by atoms with van der Waals surface area (Å²) in [6, 6.07) is 17.6. The maximum absolute atomic E-state index is 12.7. The zero-order chi connectivity index (χ0) is 17.9. The Bertz CT molecular complexity index is 890. The maximum Gasteiger partial charge on any atom is 0.248 e. The number of carbonyl (C=O) groups is 1. The number of rotatable bonds is 5. The fourth-order valence-electron chi connectivity index (χ4n) is 3.12. The Balaban J connectivity index is 1.45. The number of tetrazole rings is 1. The summed E-state index contributed by atoms with van der Waals surface area (Å²) in [4.78, 5) is 14.6. The lowest BCUT2D eigenvalue weighted by molar-refractivity contribution is -0.128. The topological polar surface area (TPSA) is 75.9 Å². The number of nitrogens with zero attached hydrogens (tertiary/aromatic N) is 5. The molecule has 1 fully saturated rings. The van der Waals surface area contributed by atoms with E-state index in [0.29, 0.717) is 12.5 Å². The molecule has 1 saturated heterocycles. The number of aryl methyl sites for hydroxylation is 1. The quantitative estimate of drug-likeness (QED) is 0.765. The summed E-state index contributed by atoms with van der Waals surface area (Å²) < 4.78 is 1.61. The first-order chi connectivity index (χ1) is 12.7. The highest BCUT2D eigenvalue weighted by molar-refractivity contribution is 5.86. The molecule has 4 rings (SSSR count). The first-order valence-electron chi connectivity index (χ1n) is 8.65. The van der Waals surface area contributed by atoms with Crippen LogP contribution < -0.4 is 5.32 Å². The van der Waals surface area contributed by atoms with Crippen molar-refractivity contribution in [2.24, 2.45) is 0 Å². The number of hydrogen-bond donors (Lipinski definition) is 1. The smallest absolute Gasteiger partial charge is 0.248 e. The molecule has 1 atom stereocenters. The summed E-state index contributed by atoms with van der Waals surface area (Å²) in [5.41, 5.74) is 3.20. The molecular formula is C19H20N6O. The molecule has 26 heavy (non-hydrogen) atoms. The summed E-state index contributed by atoms with van der Waals surface area (Å²) >= 11 is 0. The van der Waals surface area contributed by atoms with Crippen LogP contribution in [-0.2, 0) is 11.3 Å². The van der Waals surface area contributed by atoms with Crippen molar-refractivity contribution in [2.45, 2.75) is 25.9 Å². The number of amides is 1. The van der Waals surface area contributed by atoms with Gasteiger partial charge in [-0.15, -0.1) is 0 Å². The van der Waals surface area contributed by atoms with Crippen LogP contribution in [0.25, 0.3) is 5.69 Å². The van der Waals surface area contributed by atoms with Gasteiger partial charge in [0.05, 0.1) is 5.69 Å². The van der Waals surface area contributed by atoms with Crippen molar-refractivity contribution in [3.8, 4) is 5.69 Å². The fraction of sp³-hybridized carbons (Fsp3) is 0.263. The minimum atomic E-state index is -0.311. The SMILES string of the molecule is Cc1ccc(CN2CCC(Nc3nnnn3-c3ccccc3)C2=O)cc1. The van der Waals surface area contributed by atoms with E-state index >= 15 is 0 Å². The van der Waals surface area contributed by atoms with Gasteiger partial charge in [-0.25, -0.2) is 0 Å². The van der Waals surface area contributed by atoms with Gasteiger partial charge >= 0.3 is 0 Å². The second-order valence-electron chi connectivity index (χ2n) is 6.48. The van der Waals surface area contributed by atoms with Gasteiger partial charge in [0.25, 0.3) is 0 Å². The van der Waals surface area contributed by atoms with Gasteiger partial charge in [0, 0.05) is 13.1 Å². The number of para-hydroxylation sites is 1. The summed E-state index contributed by atoms with van der Waals surface area (Å²) in [6.45, 7) is 3.40. The van der Waals surface area contributed by atoms with Crippen LogP contribution in [0.15, 0.2) is 54.6 Å². The summed E-state index contributed by atoms with van der Waals surface area (Å²) in [5, 5.41) is 15.0. The molecule has 0 radical (unpaired) electrons. The Kier molecular flexibility index (Phi) is 4.35. The lowest BCUT2D eigenvalue weighted by Crippen LogP contribution is -2.33. The van der Waals surface area contributed by atoms with Crippen molar-refractivity contribution in [1.29, 1.82) is 0 Å². The molecule has 1 aromatic heterocycles. The molecule has 1 N–H and O–H groups in total. The monoisotopic (exact) mass is 348 g/mol. The Morgan fingerprint density at radius 1 is 1.12 bits per heavy atom. The summed E-state index contributed by atoms with van der Waals surface area (Å²) in [5.74, 6) is 0.555. The van der Waals surface area contributed by atoms with E-state index in [1.807, 2.05) is 35.2 Å². The lowest BCUT2D eigenvalue weighted by atomic mass is 10.1. The molecule has 0 bridgehead atoms. The van der Waals surface area contributed by atoms with Crippen molar-refractivity contribution in [1.82, 2.24) is 25.1 Å². The Morgan fingerprint density at radius 2 is 1.88 bits per heavy atom. The standard InChI is InChI=1S/C19H20N6O/c1-14-7-9-15(10-8-14)13-24-12-11-17(18(24)26)20-19-21-22-23-25(19)16-5-3-2-4-6-16/h2-10,17H,11-13H2,1H3,(H,20,21,23). The van der Waals surface area contributed by atoms with Crippen LogP contribution in [-0.4, -0.2) is 43.6 Å². The third kappa shape index (κ3) is 3.28. The third-order valence-electron chi connectivity index (χ3n) is 4.57. The second kappa shape index (κ2) is 6.95. The molecule has 132 valence electrons. The number of nitrogens with one attached hydrogen (secondary N) is 1. The Labute approximate surface area is 151 Å². The van der Waals surface area contributed by atoms with Gasteiger partial charge in [0.15, 0.2) is 0 Å². The van der Waals surface area contributed by atoms with E-state index in [1.165, 1.54) is 5.56 Å². The molecule has 3 aromatic rings. The molecular weight excluding hydrogens is 328 g/mol. The van der Waals surface area contributed by atoms with Crippen LogP contribution in [0.3, 0.4) is 0 Å². The number of anilines is 1. The largest absolute Gasteiger partial charge is 0.341 e. The number of hydrogen-bond acceptors (Lipinski definition) is 5. The van der Waals surface area contributed by atoms with Gasteiger partial charge in [0.1, 0.15) is 6.04 Å². The highest BCUT2D eigenvalue weighted by Gasteiger charge is 2.32. The molecule has 0 saturated carbocycles. The average Bonchev–Trinajstić information content (AvgIpc) is 3.26. The first-order valence-corrected chi connectivity index (χ1v) is 8.65. The molecule has 0 aliphatic carbocycles. The van der Waals surface area contributed by atoms with Crippen LogP contribution >= 0.6 is 0 Å². The highest BCUT2D eigenvalue weighted by atomic mass is 16.2. The lowest BCUT2D eigenvalue weighted by Gasteiger charge is -2.17. The minimum absolute atomic E-state index is 0.0770. The number of benzene rings is 2. The predicted octanol–water partition coefficient (Wildman–Crippen LogP) is 2.18. The van der Waals surface area contributed by atoms with Gasteiger partial charge < -0.3 is 10.2 Å². The van der Waals surface area contributed by atoms with Crippen LogP contribution in [0.5, 0.6) is 0 Å². The molecule has 1 aliphatic heterocycles. The van der Waals surface area contributed by atoms with E-state index in [4.69, 9.17) is 0 Å². The first kappa shape index (κ1) is 16.3. The van der Waals surface area contributed by atoms with Crippen molar-refractivity contribution >= 4 is 11.9 Å². The van der Waals surface area contributed by atoms with Crippen LogP contribution in [0, 0.1) is 6.92 Å². The van der Waals surface area contributed by atoms with Gasteiger partial charge in [-0.05, 0) is 41.5 Å². The van der Waals surface area contributed by atoms with Gasteiger partial charge in [0.2, 0.25) is 11.9 Å². The van der Waals surface area contributed by atoms with Crippen LogP contribution in [0.1, 0.15) is 17.5 Å². The molecule has 1 unspecified atom stereocenters. The zero-order valence-corrected chi connectivity index (χ0v) is 14.5. The van der Waals surface area contributed by atoms with E-state index < -0.39 is 0 Å². The van der Waals surface area contributed by atoms with E-state index in [1.54, 1.807) is 4.68 Å². The van der Waals surface area contributed by atoms with Gasteiger partial charge in [-0.2, -0.15) is 4.68 Å². The Morgan fingerprint density at radius 3 is 2.65 bits per heavy atom. The van der Waals surface area contributed by atoms with Crippen molar-refractivity contribution in [3.63, 3.8) is 0 Å². The van der Waals surface area contributed by atoms with Gasteiger partial charge in [-0.1, -0.05) is 53.1 Å². The molecule has 1 amide bonds. The molecule has 2 heterocycles. The molecule has 2 aromatic carbocycles. The maximum atomic E-state index is 12.7. The zero-order valence-electron chi connectivity index (χ0n) is 14.5. The summed E-state index contributed by atoms with van der Waals surface area (Å²) in [6.07, 6.45) is 0.729. The normalized spacial score (nSPS) is 16.9. The van der Waals surface area contributed by atoms with Crippen molar-refractivity contribution in [3.05, 3.63) is 65.7 Å². The molecule has 7 heteroatoms. The average molecular weight is 348 g/mol. The minimum Gasteiger partial charge on any atom is -0.341 e. The fourth-order valence-corrected chi connectivity index (χ4v) is 3.12. The summed E-state index contributed by atoms with van der Waals surface area (Å²) in [7, 11) is 0.